The number of nitrogens with one attached hydrogen (secondary N) is 1. The maximum absolute atomic E-state index is 13.1. The van der Waals surface area contributed by atoms with E-state index in [1.54, 1.807) is 18.8 Å². The summed E-state index contributed by atoms with van der Waals surface area (Å²) in [6.07, 6.45) is 1.49. The molecule has 1 rings (SSSR count). The van der Waals surface area contributed by atoms with E-state index in [-0.39, 0.29) is 35.9 Å². The zero-order chi connectivity index (χ0) is 28.9. The Labute approximate surface area is 229 Å². The fraction of sp³-hybridized carbons (Fsp3) is 0.621. The number of rotatable bonds is 11. The number of hydrogen-bond acceptors (Lipinski definition) is 5. The molecule has 2 N–H and O–H groups in total. The monoisotopic (exact) mass is 535 g/mol. The van der Waals surface area contributed by atoms with Crippen LogP contribution in [-0.4, -0.2) is 71.2 Å². The van der Waals surface area contributed by atoms with Crippen molar-refractivity contribution in [1.29, 1.82) is 0 Å². The highest BCUT2D eigenvalue weighted by Gasteiger charge is 2.35. The lowest BCUT2D eigenvalue weighted by Gasteiger charge is -2.34. The highest BCUT2D eigenvalue weighted by molar-refractivity contribution is 8.00. The molecule has 0 aliphatic rings. The number of thioether (sulfide) groups is 1. The minimum Gasteiger partial charge on any atom is -0.478 e. The molecule has 210 valence electrons. The van der Waals surface area contributed by atoms with Crippen LogP contribution in [0, 0.1) is 11.3 Å². The lowest BCUT2D eigenvalue weighted by molar-refractivity contribution is -0.138. The zero-order valence-electron chi connectivity index (χ0n) is 24.7. The standard InChI is InChI=1S/C25H39N3O4S.C4H10/c1-17(2)33-23(19-12-10-9-11-13-19)28(8)16-20(29)26-21(25(4,5)6)22(30)27(7)15-14-18(3)24(31)32;1-4(2)3/h9-14,17,21,23H,15-16H2,1-8H3,(H,26,29)(H,31,32);4H,1-3H3/b18-14+;/t21?,23-;/m0./s1. The van der Waals surface area contributed by atoms with Crippen molar-refractivity contribution >= 4 is 29.5 Å². The Kier molecular flexibility index (Phi) is 15.5. The average molecular weight is 536 g/mol. The van der Waals surface area contributed by atoms with Gasteiger partial charge in [-0.05, 0) is 30.9 Å². The van der Waals surface area contributed by atoms with Crippen LogP contribution in [0.4, 0.5) is 0 Å². The van der Waals surface area contributed by atoms with Crippen molar-refractivity contribution in [3.8, 4) is 0 Å². The number of nitrogens with zero attached hydrogens (tertiary/aromatic N) is 2. The first-order chi connectivity index (χ1) is 17.0. The van der Waals surface area contributed by atoms with E-state index in [0.717, 1.165) is 11.5 Å². The first-order valence-corrected chi connectivity index (χ1v) is 13.8. The Morgan fingerprint density at radius 3 is 1.97 bits per heavy atom. The summed E-state index contributed by atoms with van der Waals surface area (Å²) in [6, 6.07) is 9.31. The van der Waals surface area contributed by atoms with Crippen LogP contribution in [0.5, 0.6) is 0 Å². The van der Waals surface area contributed by atoms with Crippen molar-refractivity contribution < 1.29 is 19.5 Å². The number of carbonyl (C=O) groups is 3. The summed E-state index contributed by atoms with van der Waals surface area (Å²) in [5.41, 5.74) is 0.772. The van der Waals surface area contributed by atoms with Gasteiger partial charge in [-0.15, -0.1) is 11.8 Å². The molecule has 0 heterocycles. The van der Waals surface area contributed by atoms with Gasteiger partial charge in [-0.2, -0.15) is 0 Å². The predicted molar refractivity (Wildman–Crippen MR) is 155 cm³/mol. The van der Waals surface area contributed by atoms with Crippen molar-refractivity contribution in [2.45, 2.75) is 79.0 Å². The van der Waals surface area contributed by atoms with Crippen molar-refractivity contribution in [2.75, 3.05) is 27.2 Å². The normalized spacial score (nSPS) is 13.6. The van der Waals surface area contributed by atoms with Gasteiger partial charge < -0.3 is 15.3 Å². The smallest absolute Gasteiger partial charge is 0.331 e. The summed E-state index contributed by atoms with van der Waals surface area (Å²) < 4.78 is 0. The van der Waals surface area contributed by atoms with Crippen LogP contribution in [-0.2, 0) is 14.4 Å². The third-order valence-electron chi connectivity index (χ3n) is 5.08. The van der Waals surface area contributed by atoms with Gasteiger partial charge in [0.25, 0.3) is 0 Å². The topological polar surface area (TPSA) is 90.0 Å². The average Bonchev–Trinajstić information content (AvgIpc) is 2.77. The van der Waals surface area contributed by atoms with Crippen LogP contribution >= 0.6 is 11.8 Å². The second-order valence-electron chi connectivity index (χ2n) is 11.4. The van der Waals surface area contributed by atoms with E-state index < -0.39 is 17.4 Å². The van der Waals surface area contributed by atoms with Crippen LogP contribution in [0.1, 0.15) is 73.3 Å². The molecule has 1 aromatic rings. The molecule has 1 unspecified atom stereocenters. The molecule has 0 aliphatic carbocycles. The minimum atomic E-state index is -1.02. The Morgan fingerprint density at radius 1 is 1.03 bits per heavy atom. The summed E-state index contributed by atoms with van der Waals surface area (Å²) in [6.45, 7) is 18.2. The van der Waals surface area contributed by atoms with Gasteiger partial charge in [-0.1, -0.05) is 91.8 Å². The van der Waals surface area contributed by atoms with Gasteiger partial charge >= 0.3 is 5.97 Å². The maximum Gasteiger partial charge on any atom is 0.331 e. The van der Waals surface area contributed by atoms with Crippen LogP contribution in [0.3, 0.4) is 0 Å². The molecule has 0 bridgehead atoms. The summed E-state index contributed by atoms with van der Waals surface area (Å²) in [4.78, 5) is 40.5. The van der Waals surface area contributed by atoms with E-state index in [9.17, 15) is 14.4 Å². The van der Waals surface area contributed by atoms with Gasteiger partial charge in [-0.25, -0.2) is 4.79 Å². The number of benzene rings is 1. The van der Waals surface area contributed by atoms with E-state index in [4.69, 9.17) is 5.11 Å². The Bertz CT molecular complexity index is 876. The maximum atomic E-state index is 13.1. The highest BCUT2D eigenvalue weighted by Crippen LogP contribution is 2.34. The first-order valence-electron chi connectivity index (χ1n) is 12.8. The van der Waals surface area contributed by atoms with Gasteiger partial charge in [-0.3, -0.25) is 14.5 Å². The van der Waals surface area contributed by atoms with E-state index >= 15 is 0 Å². The molecule has 37 heavy (non-hydrogen) atoms. The number of hydrogen-bond donors (Lipinski definition) is 2. The SMILES string of the molecule is C/C(=C\CN(C)C(=O)C(NC(=O)CN(C)[C@@H](SC(C)C)c1ccccc1)C(C)(C)C)C(=O)O.CC(C)C. The number of amides is 2. The van der Waals surface area contributed by atoms with Crippen LogP contribution < -0.4 is 5.32 Å². The van der Waals surface area contributed by atoms with Gasteiger partial charge in [0.1, 0.15) is 6.04 Å². The molecule has 0 aromatic heterocycles. The fourth-order valence-electron chi connectivity index (χ4n) is 3.15. The van der Waals surface area contributed by atoms with E-state index in [1.807, 2.05) is 50.9 Å². The third kappa shape index (κ3) is 14.3. The molecule has 0 saturated heterocycles. The lowest BCUT2D eigenvalue weighted by Crippen LogP contribution is -2.55. The molecule has 2 atom stereocenters. The van der Waals surface area contributed by atoms with Gasteiger partial charge in [0, 0.05) is 24.4 Å². The number of carboxylic acid groups (broad SMARTS) is 1. The fourth-order valence-corrected chi connectivity index (χ4v) is 4.26. The predicted octanol–water partition coefficient (Wildman–Crippen LogP) is 5.44. The highest BCUT2D eigenvalue weighted by atomic mass is 32.2. The molecular formula is C29H49N3O4S. The molecule has 0 radical (unpaired) electrons. The second-order valence-corrected chi connectivity index (χ2v) is 13.0. The Balaban J connectivity index is 0.00000300. The number of carboxylic acids is 1. The molecule has 0 aliphatic heterocycles. The van der Waals surface area contributed by atoms with Gasteiger partial charge in [0.05, 0.1) is 11.9 Å². The molecule has 2 amide bonds. The molecule has 1 aromatic carbocycles. The van der Waals surface area contributed by atoms with Crippen molar-refractivity contribution in [3.05, 3.63) is 47.5 Å². The molecule has 0 spiro atoms. The quantitative estimate of drug-likeness (QED) is 0.290. The number of aliphatic carboxylic acids is 1. The van der Waals surface area contributed by atoms with Gasteiger partial charge in [0.2, 0.25) is 11.8 Å². The molecule has 0 fully saturated rings. The largest absolute Gasteiger partial charge is 0.478 e. The molecule has 0 saturated carbocycles. The number of carbonyl (C=O) groups excluding carboxylic acids is 2. The van der Waals surface area contributed by atoms with Crippen LogP contribution in [0.25, 0.3) is 0 Å². The summed E-state index contributed by atoms with van der Waals surface area (Å²) in [5, 5.41) is 12.3. The zero-order valence-corrected chi connectivity index (χ0v) is 25.5. The van der Waals surface area contributed by atoms with Gasteiger partial charge in [0.15, 0.2) is 0 Å². The molecule has 7 nitrogen and oxygen atoms in total. The second kappa shape index (κ2) is 16.5. The number of likely N-dealkylation sites (N-methyl/N-ethyl adjacent to an activating group) is 2. The van der Waals surface area contributed by atoms with Crippen molar-refractivity contribution in [1.82, 2.24) is 15.1 Å². The summed E-state index contributed by atoms with van der Waals surface area (Å²) in [7, 11) is 3.52. The lowest BCUT2D eigenvalue weighted by atomic mass is 9.85. The van der Waals surface area contributed by atoms with Crippen LogP contribution in [0.2, 0.25) is 0 Å². The Morgan fingerprint density at radius 2 is 1.54 bits per heavy atom. The summed E-state index contributed by atoms with van der Waals surface area (Å²) in [5.74, 6) is -0.683. The molecule has 8 heteroatoms. The third-order valence-corrected chi connectivity index (χ3v) is 6.52. The van der Waals surface area contributed by atoms with E-state index in [2.05, 4.69) is 52.1 Å². The van der Waals surface area contributed by atoms with Crippen LogP contribution in [0.15, 0.2) is 42.0 Å². The first kappa shape index (κ1) is 34.7. The van der Waals surface area contributed by atoms with E-state index in [1.165, 1.54) is 17.9 Å². The van der Waals surface area contributed by atoms with Crippen molar-refractivity contribution in [2.24, 2.45) is 11.3 Å². The minimum absolute atomic E-state index is 0.00698. The van der Waals surface area contributed by atoms with E-state index in [0.29, 0.717) is 5.25 Å². The van der Waals surface area contributed by atoms with Crippen molar-refractivity contribution in [3.63, 3.8) is 0 Å². The Hall–Kier alpha value is -2.32. The summed E-state index contributed by atoms with van der Waals surface area (Å²) >= 11 is 1.77. The molecular weight excluding hydrogens is 486 g/mol.